The Balaban J connectivity index is 1.40. The number of nitrogens with one attached hydrogen (secondary N) is 1. The lowest BCUT2D eigenvalue weighted by atomic mass is 9.77. The molecule has 2 bridgehead atoms. The molecule has 148 valence electrons. The van der Waals surface area contributed by atoms with Gasteiger partial charge in [-0.1, -0.05) is 37.5 Å². The predicted octanol–water partition coefficient (Wildman–Crippen LogP) is 4.45. The van der Waals surface area contributed by atoms with E-state index in [1.165, 1.54) is 0 Å². The zero-order valence-electron chi connectivity index (χ0n) is 15.6. The van der Waals surface area contributed by atoms with E-state index in [1.807, 2.05) is 30.3 Å². The molecular formula is C21H29NO5. The van der Waals surface area contributed by atoms with E-state index in [0.29, 0.717) is 18.6 Å². The van der Waals surface area contributed by atoms with Crippen molar-refractivity contribution in [3.8, 4) is 0 Å². The molecule has 27 heavy (non-hydrogen) atoms. The predicted molar refractivity (Wildman–Crippen MR) is 102 cm³/mol. The summed E-state index contributed by atoms with van der Waals surface area (Å²) in [6.45, 7) is 0.392. The third kappa shape index (κ3) is 5.70. The lowest BCUT2D eigenvalue weighted by Crippen LogP contribution is -2.32. The molecule has 0 aromatic heterocycles. The maximum atomic E-state index is 12.0. The number of hydrogen-bond donors (Lipinski definition) is 2. The number of hydrogen-bond acceptors (Lipinski definition) is 4. The zero-order valence-corrected chi connectivity index (χ0v) is 15.6. The number of carbonyl (C=O) groups is 2. The number of carbonyl (C=O) groups excluding carboxylic acids is 1. The molecule has 4 atom stereocenters. The van der Waals surface area contributed by atoms with Gasteiger partial charge >= 0.3 is 12.1 Å². The van der Waals surface area contributed by atoms with E-state index in [0.717, 1.165) is 50.6 Å². The van der Waals surface area contributed by atoms with E-state index in [-0.39, 0.29) is 18.4 Å². The van der Waals surface area contributed by atoms with E-state index in [2.05, 4.69) is 5.32 Å². The van der Waals surface area contributed by atoms with Gasteiger partial charge in [-0.25, -0.2) is 4.79 Å². The summed E-state index contributed by atoms with van der Waals surface area (Å²) >= 11 is 0. The molecule has 3 rings (SSSR count). The number of unbranched alkanes of at least 4 members (excludes halogenated alkanes) is 3. The van der Waals surface area contributed by atoms with Crippen molar-refractivity contribution in [1.29, 1.82) is 0 Å². The second-order valence-corrected chi connectivity index (χ2v) is 7.55. The average Bonchev–Trinajstić information content (AvgIpc) is 3.25. The van der Waals surface area contributed by atoms with Crippen molar-refractivity contribution >= 4 is 17.7 Å². The van der Waals surface area contributed by atoms with Gasteiger partial charge < -0.3 is 14.6 Å². The number of ether oxygens (including phenoxy) is 2. The number of para-hydroxylation sites is 1. The third-order valence-corrected chi connectivity index (χ3v) is 5.70. The van der Waals surface area contributed by atoms with Gasteiger partial charge in [0.05, 0.1) is 18.8 Å². The maximum Gasteiger partial charge on any atom is 0.411 e. The summed E-state index contributed by atoms with van der Waals surface area (Å²) in [6.07, 6.45) is 7.35. The van der Waals surface area contributed by atoms with Crippen LogP contribution >= 0.6 is 0 Å². The van der Waals surface area contributed by atoms with Crippen LogP contribution in [-0.2, 0) is 14.3 Å². The number of anilines is 1. The Hall–Kier alpha value is -2.08. The molecule has 2 heterocycles. The Morgan fingerprint density at radius 3 is 2.48 bits per heavy atom. The van der Waals surface area contributed by atoms with E-state index in [1.54, 1.807) is 0 Å². The van der Waals surface area contributed by atoms with E-state index < -0.39 is 12.1 Å². The van der Waals surface area contributed by atoms with Crippen LogP contribution < -0.4 is 5.32 Å². The van der Waals surface area contributed by atoms with Gasteiger partial charge in [0.1, 0.15) is 0 Å². The highest BCUT2D eigenvalue weighted by Gasteiger charge is 2.48. The van der Waals surface area contributed by atoms with Crippen LogP contribution in [0.1, 0.15) is 51.4 Å². The van der Waals surface area contributed by atoms with Crippen LogP contribution in [0.5, 0.6) is 0 Å². The molecule has 2 saturated heterocycles. The molecule has 1 aromatic rings. The topological polar surface area (TPSA) is 84.9 Å². The summed E-state index contributed by atoms with van der Waals surface area (Å²) in [5, 5.41) is 11.4. The van der Waals surface area contributed by atoms with Crippen molar-refractivity contribution in [1.82, 2.24) is 0 Å². The van der Waals surface area contributed by atoms with Crippen LogP contribution in [0.15, 0.2) is 30.3 Å². The Labute approximate surface area is 160 Å². The molecule has 6 heteroatoms. The van der Waals surface area contributed by atoms with Gasteiger partial charge in [-0.15, -0.1) is 0 Å². The molecule has 0 aliphatic carbocycles. The normalized spacial score (nSPS) is 26.1. The number of carboxylic acid groups (broad SMARTS) is 1. The minimum Gasteiger partial charge on any atom is -0.481 e. The van der Waals surface area contributed by atoms with Crippen LogP contribution in [0.25, 0.3) is 0 Å². The van der Waals surface area contributed by atoms with Crippen molar-refractivity contribution in [2.45, 2.75) is 63.6 Å². The SMILES string of the molecule is O=C(O)CCCCCC[C@H]1[C@H](COC(=O)Nc2ccccc2)[C@@H]2CC[C@H]1O2. The summed E-state index contributed by atoms with van der Waals surface area (Å²) in [7, 11) is 0. The largest absolute Gasteiger partial charge is 0.481 e. The van der Waals surface area contributed by atoms with Crippen molar-refractivity contribution in [3.05, 3.63) is 30.3 Å². The number of fused-ring (bicyclic) bond motifs is 2. The lowest BCUT2D eigenvalue weighted by Gasteiger charge is -2.27. The summed E-state index contributed by atoms with van der Waals surface area (Å²) in [5.74, 6) is -0.0143. The van der Waals surface area contributed by atoms with E-state index in [4.69, 9.17) is 14.6 Å². The summed E-state index contributed by atoms with van der Waals surface area (Å²) < 4.78 is 11.6. The molecule has 0 unspecified atom stereocenters. The molecule has 0 spiro atoms. The number of benzene rings is 1. The molecule has 0 saturated carbocycles. The minimum absolute atomic E-state index is 0.205. The Bertz CT molecular complexity index is 620. The third-order valence-electron chi connectivity index (χ3n) is 5.70. The number of amides is 1. The number of rotatable bonds is 10. The van der Waals surface area contributed by atoms with Crippen molar-refractivity contribution in [3.63, 3.8) is 0 Å². The van der Waals surface area contributed by atoms with Crippen molar-refractivity contribution in [2.24, 2.45) is 11.8 Å². The van der Waals surface area contributed by atoms with Gasteiger partial charge in [0, 0.05) is 18.0 Å². The average molecular weight is 375 g/mol. The first-order valence-corrected chi connectivity index (χ1v) is 9.99. The first kappa shape index (κ1) is 19.7. The van der Waals surface area contributed by atoms with Crippen LogP contribution in [0, 0.1) is 11.8 Å². The fourth-order valence-corrected chi connectivity index (χ4v) is 4.36. The lowest BCUT2D eigenvalue weighted by molar-refractivity contribution is -0.137. The molecule has 1 aromatic carbocycles. The fraction of sp³-hybridized carbons (Fsp3) is 0.619. The Morgan fingerprint density at radius 1 is 1.04 bits per heavy atom. The Kier molecular flexibility index (Phi) is 7.10. The smallest absolute Gasteiger partial charge is 0.411 e. The minimum atomic E-state index is -0.720. The van der Waals surface area contributed by atoms with Gasteiger partial charge in [-0.2, -0.15) is 0 Å². The quantitative estimate of drug-likeness (QED) is 0.590. The van der Waals surface area contributed by atoms with Crippen molar-refractivity contribution < 1.29 is 24.2 Å². The van der Waals surface area contributed by atoms with Gasteiger partial charge in [0.2, 0.25) is 0 Å². The summed E-state index contributed by atoms with van der Waals surface area (Å²) in [4.78, 5) is 22.6. The second-order valence-electron chi connectivity index (χ2n) is 7.55. The van der Waals surface area contributed by atoms with Gasteiger partial charge in [-0.3, -0.25) is 10.1 Å². The van der Waals surface area contributed by atoms with Gasteiger partial charge in [0.15, 0.2) is 0 Å². The maximum absolute atomic E-state index is 12.0. The molecule has 0 radical (unpaired) electrons. The first-order valence-electron chi connectivity index (χ1n) is 9.99. The molecule has 2 fully saturated rings. The molecular weight excluding hydrogens is 346 g/mol. The van der Waals surface area contributed by atoms with Crippen LogP contribution in [-0.4, -0.2) is 36.0 Å². The molecule has 2 N–H and O–H groups in total. The summed E-state index contributed by atoms with van der Waals surface area (Å²) in [5.41, 5.74) is 0.726. The highest BCUT2D eigenvalue weighted by molar-refractivity contribution is 5.84. The summed E-state index contributed by atoms with van der Waals surface area (Å²) in [6, 6.07) is 9.29. The highest BCUT2D eigenvalue weighted by atomic mass is 16.6. The first-order chi connectivity index (χ1) is 13.1. The fourth-order valence-electron chi connectivity index (χ4n) is 4.36. The molecule has 1 amide bonds. The number of aliphatic carboxylic acids is 1. The van der Waals surface area contributed by atoms with Gasteiger partial charge in [-0.05, 0) is 43.7 Å². The molecule has 6 nitrogen and oxygen atoms in total. The van der Waals surface area contributed by atoms with Gasteiger partial charge in [0.25, 0.3) is 0 Å². The van der Waals surface area contributed by atoms with Crippen molar-refractivity contribution in [2.75, 3.05) is 11.9 Å². The monoisotopic (exact) mass is 375 g/mol. The standard InChI is InChI=1S/C21H29NO5/c23-20(24)11-7-2-1-6-10-16-17(19-13-12-18(16)27-19)14-26-21(25)22-15-8-4-3-5-9-15/h3-5,8-9,16-19H,1-2,6-7,10-14H2,(H,22,25)(H,23,24)/t16-,17-,18+,19-/m0/s1. The van der Waals surface area contributed by atoms with E-state index >= 15 is 0 Å². The number of carboxylic acids is 1. The highest BCUT2D eigenvalue weighted by Crippen LogP contribution is 2.45. The zero-order chi connectivity index (χ0) is 19.1. The van der Waals surface area contributed by atoms with Crippen LogP contribution in [0.2, 0.25) is 0 Å². The van der Waals surface area contributed by atoms with E-state index in [9.17, 15) is 9.59 Å². The molecule has 2 aliphatic heterocycles. The van der Waals surface area contributed by atoms with Crippen LogP contribution in [0.4, 0.5) is 10.5 Å². The van der Waals surface area contributed by atoms with Crippen LogP contribution in [0.3, 0.4) is 0 Å². The second kappa shape index (κ2) is 9.74. The Morgan fingerprint density at radius 2 is 1.74 bits per heavy atom. The molecule has 2 aliphatic rings.